The molecule has 1 rings (SSSR count). The quantitative estimate of drug-likeness (QED) is 0.546. The Kier molecular flexibility index (Phi) is 2.33. The summed E-state index contributed by atoms with van der Waals surface area (Å²) in [6.07, 6.45) is 3.25. The van der Waals surface area contributed by atoms with E-state index >= 15 is 0 Å². The molecule has 1 aliphatic rings. The van der Waals surface area contributed by atoms with E-state index in [0.717, 1.165) is 25.7 Å². The molecule has 0 atom stereocenters. The number of aliphatic hydroxyl groups is 2. The largest absolute Gasteiger partial charge is 0.513 e. The third-order valence-electron chi connectivity index (χ3n) is 2.17. The van der Waals surface area contributed by atoms with E-state index in [0.29, 0.717) is 0 Å². The Morgan fingerprint density at radius 3 is 2.10 bits per heavy atom. The SMILES string of the molecule is C=C(O)[C@H]1CC[C@@H](O)CC1. The maximum atomic E-state index is 9.10. The van der Waals surface area contributed by atoms with Gasteiger partial charge in [0.15, 0.2) is 0 Å². The van der Waals surface area contributed by atoms with Gasteiger partial charge in [-0.05, 0) is 25.7 Å². The summed E-state index contributed by atoms with van der Waals surface area (Å²) in [6.45, 7) is 3.48. The molecule has 2 nitrogen and oxygen atoms in total. The second kappa shape index (κ2) is 3.06. The summed E-state index contributed by atoms with van der Waals surface area (Å²) in [4.78, 5) is 0. The van der Waals surface area contributed by atoms with Crippen LogP contribution in [-0.4, -0.2) is 16.3 Å². The van der Waals surface area contributed by atoms with Crippen LogP contribution in [0, 0.1) is 5.92 Å². The van der Waals surface area contributed by atoms with E-state index in [9.17, 15) is 0 Å². The van der Waals surface area contributed by atoms with Gasteiger partial charge >= 0.3 is 0 Å². The van der Waals surface area contributed by atoms with Crippen LogP contribution in [0.3, 0.4) is 0 Å². The minimum atomic E-state index is -0.143. The van der Waals surface area contributed by atoms with Gasteiger partial charge in [-0.2, -0.15) is 0 Å². The van der Waals surface area contributed by atoms with Crippen molar-refractivity contribution < 1.29 is 10.2 Å². The highest BCUT2D eigenvalue weighted by Crippen LogP contribution is 2.27. The fraction of sp³-hybridized carbons (Fsp3) is 0.750. The van der Waals surface area contributed by atoms with Crippen LogP contribution in [0.25, 0.3) is 0 Å². The van der Waals surface area contributed by atoms with E-state index in [2.05, 4.69) is 6.58 Å². The molecule has 0 aliphatic heterocycles. The molecule has 0 radical (unpaired) electrons. The molecular formula is C8H14O2. The molecule has 0 aromatic heterocycles. The number of hydrogen-bond donors (Lipinski definition) is 2. The monoisotopic (exact) mass is 142 g/mol. The second-order valence-corrected chi connectivity index (χ2v) is 3.00. The molecule has 58 valence electrons. The fourth-order valence-electron chi connectivity index (χ4n) is 1.41. The molecule has 0 aromatic carbocycles. The lowest BCUT2D eigenvalue weighted by Gasteiger charge is -2.23. The maximum absolute atomic E-state index is 9.10. The van der Waals surface area contributed by atoms with Crippen LogP contribution in [-0.2, 0) is 0 Å². The van der Waals surface area contributed by atoms with E-state index in [1.165, 1.54) is 0 Å². The second-order valence-electron chi connectivity index (χ2n) is 3.00. The molecule has 2 N–H and O–H groups in total. The van der Waals surface area contributed by atoms with E-state index < -0.39 is 0 Å². The Bertz CT molecular complexity index is 123. The number of aliphatic hydroxyl groups excluding tert-OH is 2. The predicted molar refractivity (Wildman–Crippen MR) is 39.7 cm³/mol. The molecule has 1 fully saturated rings. The molecule has 0 heterocycles. The van der Waals surface area contributed by atoms with Gasteiger partial charge < -0.3 is 10.2 Å². The Morgan fingerprint density at radius 2 is 1.70 bits per heavy atom. The summed E-state index contributed by atoms with van der Waals surface area (Å²) in [7, 11) is 0. The highest BCUT2D eigenvalue weighted by atomic mass is 16.3. The van der Waals surface area contributed by atoms with Gasteiger partial charge in [-0.1, -0.05) is 6.58 Å². The lowest BCUT2D eigenvalue weighted by molar-refractivity contribution is 0.106. The van der Waals surface area contributed by atoms with E-state index in [1.807, 2.05) is 0 Å². The van der Waals surface area contributed by atoms with Gasteiger partial charge in [0, 0.05) is 5.92 Å². The summed E-state index contributed by atoms with van der Waals surface area (Å²) in [5, 5.41) is 18.1. The van der Waals surface area contributed by atoms with Crippen molar-refractivity contribution in [1.82, 2.24) is 0 Å². The summed E-state index contributed by atoms with van der Waals surface area (Å²) in [5.74, 6) is 0.523. The van der Waals surface area contributed by atoms with Crippen LogP contribution < -0.4 is 0 Å². The minimum Gasteiger partial charge on any atom is -0.513 e. The standard InChI is InChI=1S/C8H14O2/c1-6(9)7-2-4-8(10)5-3-7/h7-10H,1-5H2/t7-,8+. The van der Waals surface area contributed by atoms with Gasteiger partial charge in [0.25, 0.3) is 0 Å². The highest BCUT2D eigenvalue weighted by Gasteiger charge is 2.20. The smallest absolute Gasteiger partial charge is 0.0881 e. The zero-order valence-electron chi connectivity index (χ0n) is 6.08. The molecule has 1 saturated carbocycles. The van der Waals surface area contributed by atoms with Crippen LogP contribution in [0.4, 0.5) is 0 Å². The van der Waals surface area contributed by atoms with Crippen molar-refractivity contribution in [1.29, 1.82) is 0 Å². The van der Waals surface area contributed by atoms with Crippen molar-refractivity contribution in [2.24, 2.45) is 5.92 Å². The average molecular weight is 142 g/mol. The van der Waals surface area contributed by atoms with Crippen molar-refractivity contribution in [2.45, 2.75) is 31.8 Å². The Balaban J connectivity index is 2.33. The number of hydrogen-bond acceptors (Lipinski definition) is 2. The van der Waals surface area contributed by atoms with E-state index in [-0.39, 0.29) is 17.8 Å². The summed E-state index contributed by atoms with van der Waals surface area (Å²) in [6, 6.07) is 0. The summed E-state index contributed by atoms with van der Waals surface area (Å²) in [5.41, 5.74) is 0. The van der Waals surface area contributed by atoms with Crippen molar-refractivity contribution in [2.75, 3.05) is 0 Å². The molecule has 1 aliphatic carbocycles. The third-order valence-corrected chi connectivity index (χ3v) is 2.17. The molecule has 0 unspecified atom stereocenters. The summed E-state index contributed by atoms with van der Waals surface area (Å²) < 4.78 is 0. The first-order valence-electron chi connectivity index (χ1n) is 3.76. The number of allylic oxidation sites excluding steroid dienone is 1. The molecular weight excluding hydrogens is 128 g/mol. The molecule has 2 heteroatoms. The van der Waals surface area contributed by atoms with Crippen molar-refractivity contribution in [3.05, 3.63) is 12.3 Å². The zero-order valence-corrected chi connectivity index (χ0v) is 6.08. The van der Waals surface area contributed by atoms with E-state index in [1.54, 1.807) is 0 Å². The van der Waals surface area contributed by atoms with Gasteiger partial charge in [-0.3, -0.25) is 0 Å². The first kappa shape index (κ1) is 7.61. The Hall–Kier alpha value is -0.500. The van der Waals surface area contributed by atoms with Crippen LogP contribution in [0.15, 0.2) is 12.3 Å². The third kappa shape index (κ3) is 1.74. The molecule has 0 bridgehead atoms. The van der Waals surface area contributed by atoms with Crippen molar-refractivity contribution in [3.8, 4) is 0 Å². The van der Waals surface area contributed by atoms with Gasteiger partial charge in [-0.25, -0.2) is 0 Å². The van der Waals surface area contributed by atoms with Gasteiger partial charge in [0.2, 0.25) is 0 Å². The predicted octanol–water partition coefficient (Wildman–Crippen LogP) is 1.61. The van der Waals surface area contributed by atoms with Gasteiger partial charge in [0.1, 0.15) is 0 Å². The van der Waals surface area contributed by atoms with Crippen molar-refractivity contribution in [3.63, 3.8) is 0 Å². The Morgan fingerprint density at radius 1 is 1.20 bits per heavy atom. The minimum absolute atomic E-state index is 0.143. The normalized spacial score (nSPS) is 33.7. The maximum Gasteiger partial charge on any atom is 0.0881 e. The van der Waals surface area contributed by atoms with Crippen LogP contribution in [0.1, 0.15) is 25.7 Å². The van der Waals surface area contributed by atoms with Crippen LogP contribution >= 0.6 is 0 Å². The number of rotatable bonds is 1. The van der Waals surface area contributed by atoms with Gasteiger partial charge in [0.05, 0.1) is 11.9 Å². The first-order valence-corrected chi connectivity index (χ1v) is 3.76. The molecule has 10 heavy (non-hydrogen) atoms. The van der Waals surface area contributed by atoms with E-state index in [4.69, 9.17) is 10.2 Å². The average Bonchev–Trinajstić information content (AvgIpc) is 1.88. The van der Waals surface area contributed by atoms with Crippen LogP contribution in [0.2, 0.25) is 0 Å². The topological polar surface area (TPSA) is 40.5 Å². The molecule has 0 saturated heterocycles. The Labute approximate surface area is 61.2 Å². The molecule has 0 spiro atoms. The van der Waals surface area contributed by atoms with Crippen LogP contribution in [0.5, 0.6) is 0 Å². The molecule has 0 aromatic rings. The molecule has 0 amide bonds. The first-order chi connectivity index (χ1) is 4.70. The summed E-state index contributed by atoms with van der Waals surface area (Å²) >= 11 is 0. The fourth-order valence-corrected chi connectivity index (χ4v) is 1.41. The van der Waals surface area contributed by atoms with Gasteiger partial charge in [-0.15, -0.1) is 0 Å². The lowest BCUT2D eigenvalue weighted by Crippen LogP contribution is -2.18. The lowest BCUT2D eigenvalue weighted by atomic mass is 9.87. The zero-order chi connectivity index (χ0) is 7.56. The highest BCUT2D eigenvalue weighted by molar-refractivity contribution is 4.91. The van der Waals surface area contributed by atoms with Crippen molar-refractivity contribution >= 4 is 0 Å².